The van der Waals surface area contributed by atoms with Gasteiger partial charge >= 0.3 is 0 Å². The molecular weight excluding hydrogens is 300 g/mol. The zero-order valence-corrected chi connectivity index (χ0v) is 14.4. The highest BCUT2D eigenvalue weighted by atomic mass is 16.2. The number of likely N-dealkylation sites (tertiary alicyclic amines) is 1. The summed E-state index contributed by atoms with van der Waals surface area (Å²) in [5, 5.41) is 3.07. The number of hydrogen-bond donors (Lipinski definition) is 1. The second-order valence-electron chi connectivity index (χ2n) is 6.86. The lowest BCUT2D eigenvalue weighted by Gasteiger charge is -2.47. The summed E-state index contributed by atoms with van der Waals surface area (Å²) < 4.78 is 0. The fourth-order valence-electron chi connectivity index (χ4n) is 3.89. The minimum atomic E-state index is -0.0776. The fraction of sp³-hybridized carbons (Fsp3) is 0.500. The number of benzene rings is 1. The van der Waals surface area contributed by atoms with Crippen LogP contribution in [0.4, 0.5) is 0 Å². The Kier molecular flexibility index (Phi) is 5.03. The van der Waals surface area contributed by atoms with Gasteiger partial charge in [0.1, 0.15) is 0 Å². The van der Waals surface area contributed by atoms with Crippen molar-refractivity contribution in [3.8, 4) is 0 Å². The van der Waals surface area contributed by atoms with E-state index >= 15 is 0 Å². The van der Waals surface area contributed by atoms with Gasteiger partial charge in [-0.15, -0.1) is 0 Å². The third kappa shape index (κ3) is 3.37. The quantitative estimate of drug-likeness (QED) is 0.901. The third-order valence-electron chi connectivity index (χ3n) is 5.28. The molecule has 1 N–H and O–H groups in total. The van der Waals surface area contributed by atoms with Gasteiger partial charge in [0.2, 0.25) is 11.8 Å². The van der Waals surface area contributed by atoms with Gasteiger partial charge < -0.3 is 10.2 Å². The molecule has 4 heteroatoms. The Hall–Kier alpha value is -2.10. The van der Waals surface area contributed by atoms with Crippen molar-refractivity contribution in [3.63, 3.8) is 0 Å². The first kappa shape index (κ1) is 16.7. The van der Waals surface area contributed by atoms with Gasteiger partial charge in [0.25, 0.3) is 0 Å². The molecular formula is C20H26N2O2. The van der Waals surface area contributed by atoms with E-state index in [1.165, 1.54) is 0 Å². The SMILES string of the molecule is CCC(=O)NCC12CCCC=C1N(Cc1ccccc1)C(=O)CC2. The Morgan fingerprint density at radius 2 is 2.04 bits per heavy atom. The minimum absolute atomic E-state index is 0.0776. The summed E-state index contributed by atoms with van der Waals surface area (Å²) >= 11 is 0. The number of carbonyl (C=O) groups excluding carboxylic acids is 2. The van der Waals surface area contributed by atoms with Gasteiger partial charge in [0.05, 0.1) is 6.54 Å². The Morgan fingerprint density at radius 3 is 2.79 bits per heavy atom. The molecule has 0 spiro atoms. The van der Waals surface area contributed by atoms with Crippen LogP contribution in [0, 0.1) is 5.41 Å². The highest BCUT2D eigenvalue weighted by Crippen LogP contribution is 2.46. The van der Waals surface area contributed by atoms with E-state index in [0.29, 0.717) is 25.9 Å². The van der Waals surface area contributed by atoms with Crippen LogP contribution in [0.15, 0.2) is 42.1 Å². The molecule has 1 saturated heterocycles. The number of allylic oxidation sites excluding steroid dienone is 1. The Morgan fingerprint density at radius 1 is 1.25 bits per heavy atom. The second kappa shape index (κ2) is 7.20. The van der Waals surface area contributed by atoms with Crippen molar-refractivity contribution in [2.45, 2.75) is 52.0 Å². The van der Waals surface area contributed by atoms with Crippen LogP contribution >= 0.6 is 0 Å². The first-order chi connectivity index (χ1) is 11.6. The first-order valence-corrected chi connectivity index (χ1v) is 8.96. The summed E-state index contributed by atoms with van der Waals surface area (Å²) in [5.74, 6) is 0.283. The van der Waals surface area contributed by atoms with Crippen molar-refractivity contribution >= 4 is 11.8 Å². The molecule has 0 aromatic heterocycles. The zero-order valence-electron chi connectivity index (χ0n) is 14.4. The van der Waals surface area contributed by atoms with Crippen LogP contribution in [0.25, 0.3) is 0 Å². The van der Waals surface area contributed by atoms with Gasteiger partial charge in [-0.2, -0.15) is 0 Å². The van der Waals surface area contributed by atoms with Gasteiger partial charge in [0.15, 0.2) is 0 Å². The van der Waals surface area contributed by atoms with E-state index in [1.54, 1.807) is 0 Å². The van der Waals surface area contributed by atoms with E-state index in [0.717, 1.165) is 36.9 Å². The number of amides is 2. The molecule has 1 fully saturated rings. The van der Waals surface area contributed by atoms with Gasteiger partial charge in [-0.1, -0.05) is 43.3 Å². The molecule has 128 valence electrons. The smallest absolute Gasteiger partial charge is 0.227 e. The van der Waals surface area contributed by atoms with Gasteiger partial charge in [-0.25, -0.2) is 0 Å². The number of fused-ring (bicyclic) bond motifs is 1. The predicted octanol–water partition coefficient (Wildman–Crippen LogP) is 3.39. The van der Waals surface area contributed by atoms with E-state index in [9.17, 15) is 9.59 Å². The number of hydrogen-bond acceptors (Lipinski definition) is 2. The van der Waals surface area contributed by atoms with Crippen LogP contribution in [0.3, 0.4) is 0 Å². The van der Waals surface area contributed by atoms with Crippen molar-refractivity contribution < 1.29 is 9.59 Å². The van der Waals surface area contributed by atoms with Crippen molar-refractivity contribution in [1.29, 1.82) is 0 Å². The maximum absolute atomic E-state index is 12.6. The van der Waals surface area contributed by atoms with Crippen molar-refractivity contribution in [2.24, 2.45) is 5.41 Å². The van der Waals surface area contributed by atoms with Gasteiger partial charge in [0, 0.05) is 30.5 Å². The number of nitrogens with one attached hydrogen (secondary N) is 1. The lowest BCUT2D eigenvalue weighted by atomic mass is 9.69. The molecule has 0 saturated carbocycles. The van der Waals surface area contributed by atoms with Gasteiger partial charge in [-0.3, -0.25) is 9.59 Å². The lowest BCUT2D eigenvalue weighted by molar-refractivity contribution is -0.134. The molecule has 1 unspecified atom stereocenters. The first-order valence-electron chi connectivity index (χ1n) is 8.96. The second-order valence-corrected chi connectivity index (χ2v) is 6.86. The summed E-state index contributed by atoms with van der Waals surface area (Å²) in [6.45, 7) is 3.13. The Balaban J connectivity index is 1.84. The molecule has 4 nitrogen and oxygen atoms in total. The van der Waals surface area contributed by atoms with Crippen LogP contribution in [0.5, 0.6) is 0 Å². The van der Waals surface area contributed by atoms with Crippen molar-refractivity contribution in [3.05, 3.63) is 47.7 Å². The molecule has 0 radical (unpaired) electrons. The maximum Gasteiger partial charge on any atom is 0.227 e. The van der Waals surface area contributed by atoms with E-state index in [-0.39, 0.29) is 17.2 Å². The largest absolute Gasteiger partial charge is 0.355 e. The summed E-state index contributed by atoms with van der Waals surface area (Å²) in [4.78, 5) is 26.3. The summed E-state index contributed by atoms with van der Waals surface area (Å²) in [6.07, 6.45) is 7.31. The third-order valence-corrected chi connectivity index (χ3v) is 5.28. The summed E-state index contributed by atoms with van der Waals surface area (Å²) in [7, 11) is 0. The number of piperidine rings is 1. The van der Waals surface area contributed by atoms with Crippen LogP contribution in [0.2, 0.25) is 0 Å². The van der Waals surface area contributed by atoms with Crippen LogP contribution in [0.1, 0.15) is 51.0 Å². The number of nitrogens with zero attached hydrogens (tertiary/aromatic N) is 1. The van der Waals surface area contributed by atoms with E-state index in [2.05, 4.69) is 23.5 Å². The monoisotopic (exact) mass is 326 g/mol. The molecule has 1 aromatic carbocycles. The average molecular weight is 326 g/mol. The molecule has 1 aliphatic carbocycles. The number of carbonyl (C=O) groups is 2. The van der Waals surface area contributed by atoms with E-state index in [1.807, 2.05) is 30.0 Å². The fourth-order valence-corrected chi connectivity index (χ4v) is 3.89. The van der Waals surface area contributed by atoms with Crippen molar-refractivity contribution in [1.82, 2.24) is 10.2 Å². The summed E-state index contributed by atoms with van der Waals surface area (Å²) in [6, 6.07) is 10.1. The molecule has 1 heterocycles. The highest BCUT2D eigenvalue weighted by molar-refractivity contribution is 5.80. The molecule has 2 amide bonds. The average Bonchev–Trinajstić information content (AvgIpc) is 2.63. The normalized spacial score (nSPS) is 23.5. The zero-order chi connectivity index (χ0) is 17.0. The predicted molar refractivity (Wildman–Crippen MR) is 93.9 cm³/mol. The topological polar surface area (TPSA) is 49.4 Å². The standard InChI is InChI=1S/C20H26N2O2/c1-2-18(23)21-15-20-12-7-6-10-17(20)22(19(24)11-13-20)14-16-8-4-3-5-9-16/h3-5,8-10H,2,6-7,11-15H2,1H3,(H,21,23). The Bertz CT molecular complexity index is 638. The molecule has 1 aliphatic heterocycles. The van der Waals surface area contributed by atoms with Crippen molar-refractivity contribution in [2.75, 3.05) is 6.54 Å². The van der Waals surface area contributed by atoms with E-state index in [4.69, 9.17) is 0 Å². The van der Waals surface area contributed by atoms with Crippen LogP contribution < -0.4 is 5.32 Å². The van der Waals surface area contributed by atoms with Crippen LogP contribution in [-0.4, -0.2) is 23.3 Å². The maximum atomic E-state index is 12.6. The van der Waals surface area contributed by atoms with Crippen LogP contribution in [-0.2, 0) is 16.1 Å². The molecule has 1 aromatic rings. The lowest BCUT2D eigenvalue weighted by Crippen LogP contribution is -2.50. The summed E-state index contributed by atoms with van der Waals surface area (Å²) in [5.41, 5.74) is 2.20. The van der Waals surface area contributed by atoms with Gasteiger partial charge in [-0.05, 0) is 31.2 Å². The highest BCUT2D eigenvalue weighted by Gasteiger charge is 2.44. The van der Waals surface area contributed by atoms with E-state index < -0.39 is 0 Å². The molecule has 3 rings (SSSR count). The number of rotatable bonds is 5. The molecule has 0 bridgehead atoms. The molecule has 24 heavy (non-hydrogen) atoms. The minimum Gasteiger partial charge on any atom is -0.355 e. The molecule has 2 aliphatic rings. The molecule has 1 atom stereocenters. The Labute approximate surface area is 143 Å².